The molecule has 132 valence electrons. The van der Waals surface area contributed by atoms with E-state index in [4.69, 9.17) is 23.2 Å². The summed E-state index contributed by atoms with van der Waals surface area (Å²) in [6, 6.07) is 12.0. The van der Waals surface area contributed by atoms with E-state index in [2.05, 4.69) is 20.6 Å². The molecule has 2 aromatic carbocycles. The number of halogens is 3. The third-order valence-electron chi connectivity index (χ3n) is 3.39. The molecule has 0 aliphatic carbocycles. The van der Waals surface area contributed by atoms with Crippen LogP contribution in [0.4, 0.5) is 21.7 Å². The Morgan fingerprint density at radius 3 is 2.35 bits per heavy atom. The normalized spacial score (nSPS) is 10.5. The third kappa shape index (κ3) is 4.28. The summed E-state index contributed by atoms with van der Waals surface area (Å²) in [6.07, 6.45) is 0. The Morgan fingerprint density at radius 2 is 1.69 bits per heavy atom. The van der Waals surface area contributed by atoms with Gasteiger partial charge in [0.05, 0.1) is 15.7 Å². The van der Waals surface area contributed by atoms with Crippen LogP contribution in [-0.4, -0.2) is 15.9 Å². The number of nitrogens with zero attached hydrogens (tertiary/aromatic N) is 2. The smallest absolute Gasteiger partial charge is 0.274 e. The number of aryl methyl sites for hydroxylation is 1. The maximum absolute atomic E-state index is 13.0. The molecule has 0 saturated carbocycles. The summed E-state index contributed by atoms with van der Waals surface area (Å²) >= 11 is 12.3. The monoisotopic (exact) mass is 390 g/mol. The predicted molar refractivity (Wildman–Crippen MR) is 101 cm³/mol. The number of nitrogens with one attached hydrogen (secondary N) is 2. The van der Waals surface area contributed by atoms with Gasteiger partial charge in [-0.25, -0.2) is 14.4 Å². The molecule has 0 unspecified atom stereocenters. The van der Waals surface area contributed by atoms with Gasteiger partial charge in [-0.05, 0) is 49.4 Å². The van der Waals surface area contributed by atoms with Gasteiger partial charge in [-0.1, -0.05) is 29.3 Å². The topological polar surface area (TPSA) is 66.9 Å². The zero-order chi connectivity index (χ0) is 18.7. The molecule has 0 atom stereocenters. The number of aromatic nitrogens is 2. The number of hydrogen-bond acceptors (Lipinski definition) is 4. The van der Waals surface area contributed by atoms with Gasteiger partial charge >= 0.3 is 0 Å². The number of carbonyl (C=O) groups excluding carboxylic acids is 1. The number of benzene rings is 2. The van der Waals surface area contributed by atoms with E-state index in [0.29, 0.717) is 27.1 Å². The zero-order valence-electron chi connectivity index (χ0n) is 13.6. The van der Waals surface area contributed by atoms with Crippen LogP contribution in [0.5, 0.6) is 0 Å². The summed E-state index contributed by atoms with van der Waals surface area (Å²) in [5.41, 5.74) is 1.63. The van der Waals surface area contributed by atoms with E-state index < -0.39 is 5.91 Å². The van der Waals surface area contributed by atoms with Crippen LogP contribution in [-0.2, 0) is 0 Å². The van der Waals surface area contributed by atoms with E-state index in [1.807, 2.05) is 0 Å². The Balaban J connectivity index is 1.85. The van der Waals surface area contributed by atoms with E-state index in [1.54, 1.807) is 25.1 Å². The van der Waals surface area contributed by atoms with Crippen molar-refractivity contribution in [1.29, 1.82) is 0 Å². The lowest BCUT2D eigenvalue weighted by atomic mass is 10.2. The molecular weight excluding hydrogens is 378 g/mol. The molecule has 2 N–H and O–H groups in total. The Kier molecular flexibility index (Phi) is 5.35. The minimum absolute atomic E-state index is 0.146. The lowest BCUT2D eigenvalue weighted by Crippen LogP contribution is -2.15. The molecule has 0 bridgehead atoms. The number of amides is 1. The molecule has 0 aliphatic heterocycles. The molecule has 0 aliphatic rings. The van der Waals surface area contributed by atoms with Crippen LogP contribution in [0.2, 0.25) is 10.0 Å². The molecule has 5 nitrogen and oxygen atoms in total. The summed E-state index contributed by atoms with van der Waals surface area (Å²) < 4.78 is 13.0. The van der Waals surface area contributed by atoms with Gasteiger partial charge in [-0.2, -0.15) is 0 Å². The number of hydrogen-bond donors (Lipinski definition) is 2. The predicted octanol–water partition coefficient (Wildman–Crippen LogP) is 5.23. The highest BCUT2D eigenvalue weighted by Gasteiger charge is 2.13. The van der Waals surface area contributed by atoms with Gasteiger partial charge in [0.25, 0.3) is 5.91 Å². The minimum atomic E-state index is -0.449. The Hall–Kier alpha value is -2.70. The summed E-state index contributed by atoms with van der Waals surface area (Å²) in [5, 5.41) is 6.39. The van der Waals surface area contributed by atoms with Crippen molar-refractivity contribution < 1.29 is 9.18 Å². The molecule has 0 spiro atoms. The molecule has 8 heteroatoms. The van der Waals surface area contributed by atoms with E-state index in [1.165, 1.54) is 30.3 Å². The summed E-state index contributed by atoms with van der Waals surface area (Å²) in [6.45, 7) is 1.73. The Morgan fingerprint density at radius 1 is 1.04 bits per heavy atom. The fraction of sp³-hybridized carbons (Fsp3) is 0.0556. The van der Waals surface area contributed by atoms with Crippen molar-refractivity contribution in [3.63, 3.8) is 0 Å². The molecule has 0 radical (unpaired) electrons. The fourth-order valence-corrected chi connectivity index (χ4v) is 2.69. The van der Waals surface area contributed by atoms with Gasteiger partial charge in [0.2, 0.25) is 5.95 Å². The third-order valence-corrected chi connectivity index (χ3v) is 4.02. The summed E-state index contributed by atoms with van der Waals surface area (Å²) in [5.74, 6) is -0.649. The van der Waals surface area contributed by atoms with Crippen molar-refractivity contribution in [3.8, 4) is 0 Å². The van der Waals surface area contributed by atoms with Gasteiger partial charge in [0.1, 0.15) is 11.5 Å². The number of carbonyl (C=O) groups is 1. The van der Waals surface area contributed by atoms with Crippen molar-refractivity contribution in [2.75, 3.05) is 10.6 Å². The maximum Gasteiger partial charge on any atom is 0.274 e. The van der Waals surface area contributed by atoms with E-state index >= 15 is 0 Å². The first-order valence-corrected chi connectivity index (χ1v) is 8.31. The lowest BCUT2D eigenvalue weighted by Gasteiger charge is -2.11. The number of anilines is 3. The maximum atomic E-state index is 13.0. The minimum Gasteiger partial charge on any atom is -0.322 e. The van der Waals surface area contributed by atoms with Crippen LogP contribution in [0.1, 0.15) is 16.2 Å². The Bertz CT molecular complexity index is 944. The molecule has 3 aromatic rings. The second-order valence-corrected chi connectivity index (χ2v) is 6.22. The first-order valence-electron chi connectivity index (χ1n) is 7.56. The van der Waals surface area contributed by atoms with Gasteiger partial charge < -0.3 is 10.6 Å². The molecule has 0 saturated heterocycles. The Labute approximate surface area is 159 Å². The van der Waals surface area contributed by atoms with Gasteiger partial charge in [0, 0.05) is 11.4 Å². The van der Waals surface area contributed by atoms with E-state index in [-0.39, 0.29) is 17.5 Å². The summed E-state index contributed by atoms with van der Waals surface area (Å²) in [7, 11) is 0. The van der Waals surface area contributed by atoms with Crippen molar-refractivity contribution in [2.24, 2.45) is 0 Å². The lowest BCUT2D eigenvalue weighted by molar-refractivity contribution is 0.102. The fourth-order valence-electron chi connectivity index (χ4n) is 2.20. The first-order chi connectivity index (χ1) is 12.4. The van der Waals surface area contributed by atoms with E-state index in [9.17, 15) is 9.18 Å². The highest BCUT2D eigenvalue weighted by Crippen LogP contribution is 2.31. The van der Waals surface area contributed by atoms with Crippen molar-refractivity contribution in [3.05, 3.63) is 75.8 Å². The molecule has 1 aromatic heterocycles. The highest BCUT2D eigenvalue weighted by molar-refractivity contribution is 6.39. The zero-order valence-corrected chi connectivity index (χ0v) is 15.1. The molecular formula is C18H13Cl2FN4O. The molecule has 3 rings (SSSR count). The van der Waals surface area contributed by atoms with Gasteiger partial charge in [-0.15, -0.1) is 0 Å². The largest absolute Gasteiger partial charge is 0.322 e. The van der Waals surface area contributed by atoms with Crippen molar-refractivity contribution in [2.45, 2.75) is 6.92 Å². The molecule has 1 heterocycles. The van der Waals surface area contributed by atoms with Gasteiger partial charge in [-0.3, -0.25) is 4.79 Å². The standard InChI is InChI=1S/C18H13Cl2FN4O/c1-10-9-15(17(26)23-12-7-5-11(21)6-8-12)24-18(22-10)25-16-13(19)3-2-4-14(16)20/h2-9H,1H3,(H,23,26)(H,22,24,25). The SMILES string of the molecule is Cc1cc(C(=O)Nc2ccc(F)cc2)nc(Nc2c(Cl)cccc2Cl)n1. The van der Waals surface area contributed by atoms with Crippen molar-refractivity contribution >= 4 is 46.4 Å². The van der Waals surface area contributed by atoms with Crippen LogP contribution in [0, 0.1) is 12.7 Å². The average Bonchev–Trinajstić information content (AvgIpc) is 2.60. The molecule has 26 heavy (non-hydrogen) atoms. The van der Waals surface area contributed by atoms with Crippen LogP contribution in [0.15, 0.2) is 48.5 Å². The average molecular weight is 391 g/mol. The van der Waals surface area contributed by atoms with Crippen LogP contribution in [0.3, 0.4) is 0 Å². The first kappa shape index (κ1) is 18.1. The van der Waals surface area contributed by atoms with E-state index in [0.717, 1.165) is 0 Å². The molecule has 1 amide bonds. The second-order valence-electron chi connectivity index (χ2n) is 5.40. The van der Waals surface area contributed by atoms with Gasteiger partial charge in [0.15, 0.2) is 0 Å². The van der Waals surface area contributed by atoms with Crippen LogP contribution < -0.4 is 10.6 Å². The number of para-hydroxylation sites is 1. The number of rotatable bonds is 4. The highest BCUT2D eigenvalue weighted by atomic mass is 35.5. The quantitative estimate of drug-likeness (QED) is 0.640. The summed E-state index contributed by atoms with van der Waals surface area (Å²) in [4.78, 5) is 20.9. The second kappa shape index (κ2) is 7.68. The van der Waals surface area contributed by atoms with Crippen LogP contribution in [0.25, 0.3) is 0 Å². The van der Waals surface area contributed by atoms with Crippen molar-refractivity contribution in [1.82, 2.24) is 9.97 Å². The molecule has 0 fully saturated rings. The van der Waals surface area contributed by atoms with Crippen LogP contribution >= 0.6 is 23.2 Å².